The van der Waals surface area contributed by atoms with Crippen LogP contribution in [0.4, 0.5) is 0 Å². The molecular weight excluding hydrogens is 256 g/mol. The molecule has 3 heterocycles. The van der Waals surface area contributed by atoms with Crippen molar-refractivity contribution in [2.24, 2.45) is 0 Å². The van der Waals surface area contributed by atoms with Gasteiger partial charge in [0.2, 0.25) is 5.91 Å². The van der Waals surface area contributed by atoms with E-state index in [1.807, 2.05) is 18.0 Å². The molecule has 0 radical (unpaired) electrons. The van der Waals surface area contributed by atoms with Gasteiger partial charge < -0.3 is 14.6 Å². The van der Waals surface area contributed by atoms with Crippen LogP contribution in [0.5, 0.6) is 0 Å². The van der Waals surface area contributed by atoms with E-state index in [1.165, 1.54) is 0 Å². The normalized spacial score (nSPS) is 24.2. The van der Waals surface area contributed by atoms with E-state index in [-0.39, 0.29) is 5.91 Å². The van der Waals surface area contributed by atoms with Gasteiger partial charge in [0, 0.05) is 37.4 Å². The molecule has 1 atom stereocenters. The molecule has 3 rings (SSSR count). The molecule has 1 unspecified atom stereocenters. The molecule has 2 aliphatic heterocycles. The van der Waals surface area contributed by atoms with Crippen LogP contribution in [0.25, 0.3) is 0 Å². The van der Waals surface area contributed by atoms with Crippen molar-refractivity contribution in [1.82, 2.24) is 19.8 Å². The number of carbonyl (C=O) groups is 1. The van der Waals surface area contributed by atoms with Crippen LogP contribution in [0.1, 0.15) is 23.9 Å². The van der Waals surface area contributed by atoms with E-state index >= 15 is 0 Å². The monoisotopic (exact) mass is 278 g/mol. The number of amides is 1. The second-order valence-electron chi connectivity index (χ2n) is 5.67. The van der Waals surface area contributed by atoms with Crippen molar-refractivity contribution < 1.29 is 9.53 Å². The summed E-state index contributed by atoms with van der Waals surface area (Å²) in [6.45, 7) is 7.23. The smallest absolute Gasteiger partial charge is 0.236 e. The number of aromatic nitrogens is 2. The van der Waals surface area contributed by atoms with Gasteiger partial charge in [-0.3, -0.25) is 9.69 Å². The van der Waals surface area contributed by atoms with Gasteiger partial charge in [0.1, 0.15) is 5.82 Å². The maximum absolute atomic E-state index is 12.2. The largest absolute Gasteiger partial charge is 0.378 e. The molecule has 2 saturated heterocycles. The lowest BCUT2D eigenvalue weighted by Crippen LogP contribution is -2.45. The van der Waals surface area contributed by atoms with Crippen molar-refractivity contribution in [3.63, 3.8) is 0 Å². The van der Waals surface area contributed by atoms with Gasteiger partial charge in [-0.1, -0.05) is 0 Å². The minimum Gasteiger partial charge on any atom is -0.378 e. The highest BCUT2D eigenvalue weighted by molar-refractivity contribution is 5.78. The Kier molecular flexibility index (Phi) is 4.03. The van der Waals surface area contributed by atoms with Crippen LogP contribution in [-0.4, -0.2) is 71.6 Å². The molecule has 1 aromatic heterocycles. The summed E-state index contributed by atoms with van der Waals surface area (Å²) in [5.41, 5.74) is 1.10. The molecule has 0 bridgehead atoms. The lowest BCUT2D eigenvalue weighted by Gasteiger charge is -2.28. The summed E-state index contributed by atoms with van der Waals surface area (Å²) in [6.07, 6.45) is 2.94. The van der Waals surface area contributed by atoms with Gasteiger partial charge in [-0.15, -0.1) is 0 Å². The molecule has 20 heavy (non-hydrogen) atoms. The van der Waals surface area contributed by atoms with E-state index in [4.69, 9.17) is 4.74 Å². The van der Waals surface area contributed by atoms with Gasteiger partial charge >= 0.3 is 0 Å². The Bertz CT molecular complexity index is 467. The highest BCUT2D eigenvalue weighted by Gasteiger charge is 2.28. The van der Waals surface area contributed by atoms with Gasteiger partial charge in [-0.25, -0.2) is 4.98 Å². The van der Waals surface area contributed by atoms with Crippen molar-refractivity contribution in [3.8, 4) is 0 Å². The molecule has 110 valence electrons. The van der Waals surface area contributed by atoms with Gasteiger partial charge in [-0.2, -0.15) is 0 Å². The Morgan fingerprint density at radius 1 is 1.45 bits per heavy atom. The molecule has 6 nitrogen and oxygen atoms in total. The highest BCUT2D eigenvalue weighted by Crippen LogP contribution is 2.24. The van der Waals surface area contributed by atoms with Gasteiger partial charge in [0.15, 0.2) is 0 Å². The summed E-state index contributed by atoms with van der Waals surface area (Å²) in [6, 6.07) is 0. The van der Waals surface area contributed by atoms with Crippen LogP contribution < -0.4 is 0 Å². The number of ether oxygens (including phenoxy) is 1. The van der Waals surface area contributed by atoms with Gasteiger partial charge in [0.05, 0.1) is 19.8 Å². The predicted octanol–water partition coefficient (Wildman–Crippen LogP) is 0.366. The Morgan fingerprint density at radius 2 is 2.25 bits per heavy atom. The maximum atomic E-state index is 12.2. The van der Waals surface area contributed by atoms with Crippen molar-refractivity contribution >= 4 is 5.91 Å². The fourth-order valence-corrected chi connectivity index (χ4v) is 2.94. The van der Waals surface area contributed by atoms with Crippen LogP contribution in [0.3, 0.4) is 0 Å². The average Bonchev–Trinajstić information content (AvgIpc) is 3.09. The summed E-state index contributed by atoms with van der Waals surface area (Å²) < 4.78 is 5.28. The third-order valence-corrected chi connectivity index (χ3v) is 4.10. The zero-order chi connectivity index (χ0) is 13.9. The fourth-order valence-electron chi connectivity index (χ4n) is 2.94. The van der Waals surface area contributed by atoms with Gasteiger partial charge in [0.25, 0.3) is 0 Å². The zero-order valence-corrected chi connectivity index (χ0v) is 12.0. The van der Waals surface area contributed by atoms with E-state index in [2.05, 4.69) is 14.9 Å². The van der Waals surface area contributed by atoms with E-state index in [0.717, 1.165) is 44.1 Å². The van der Waals surface area contributed by atoms with Crippen molar-refractivity contribution in [1.29, 1.82) is 0 Å². The average molecular weight is 278 g/mol. The highest BCUT2D eigenvalue weighted by atomic mass is 16.5. The van der Waals surface area contributed by atoms with E-state index < -0.39 is 0 Å². The Hall–Kier alpha value is -1.40. The summed E-state index contributed by atoms with van der Waals surface area (Å²) >= 11 is 0. The second kappa shape index (κ2) is 5.93. The molecule has 0 aliphatic carbocycles. The molecule has 6 heteroatoms. The summed E-state index contributed by atoms with van der Waals surface area (Å²) in [7, 11) is 0. The summed E-state index contributed by atoms with van der Waals surface area (Å²) in [5.74, 6) is 1.72. The molecule has 2 aliphatic rings. The number of rotatable bonds is 3. The number of morpholine rings is 1. The number of aryl methyl sites for hydroxylation is 1. The van der Waals surface area contributed by atoms with E-state index in [1.54, 1.807) is 0 Å². The molecule has 0 saturated carbocycles. The van der Waals surface area contributed by atoms with Crippen LogP contribution in [0.2, 0.25) is 0 Å². The molecule has 0 spiro atoms. The molecule has 0 aromatic carbocycles. The van der Waals surface area contributed by atoms with Crippen molar-refractivity contribution in [2.45, 2.75) is 19.3 Å². The number of nitrogens with zero attached hydrogens (tertiary/aromatic N) is 3. The first-order valence-electron chi connectivity index (χ1n) is 7.32. The number of hydrogen-bond donors (Lipinski definition) is 1. The molecular formula is C14H22N4O2. The second-order valence-corrected chi connectivity index (χ2v) is 5.67. The third kappa shape index (κ3) is 3.02. The van der Waals surface area contributed by atoms with E-state index in [9.17, 15) is 4.79 Å². The SMILES string of the molecule is Cc1cnc(C2CCN(CC(=O)N3CCOCC3)C2)[nH]1. The quantitative estimate of drug-likeness (QED) is 0.867. The van der Waals surface area contributed by atoms with Crippen LogP contribution in [-0.2, 0) is 9.53 Å². The topological polar surface area (TPSA) is 61.5 Å². The number of carbonyl (C=O) groups excluding carboxylic acids is 1. The van der Waals surface area contributed by atoms with E-state index in [0.29, 0.717) is 25.7 Å². The predicted molar refractivity (Wildman–Crippen MR) is 74.5 cm³/mol. The van der Waals surface area contributed by atoms with Crippen LogP contribution in [0.15, 0.2) is 6.20 Å². The molecule has 2 fully saturated rings. The number of nitrogens with one attached hydrogen (secondary N) is 1. The maximum Gasteiger partial charge on any atom is 0.236 e. The zero-order valence-electron chi connectivity index (χ0n) is 12.0. The lowest BCUT2D eigenvalue weighted by molar-refractivity contribution is -0.136. The number of aromatic amines is 1. The fraction of sp³-hybridized carbons (Fsp3) is 0.714. The number of H-pyrrole nitrogens is 1. The summed E-state index contributed by atoms with van der Waals surface area (Å²) in [5, 5.41) is 0. The first kappa shape index (κ1) is 13.6. The van der Waals surface area contributed by atoms with Crippen molar-refractivity contribution in [3.05, 3.63) is 17.7 Å². The Labute approximate surface area is 119 Å². The molecule has 1 amide bonds. The summed E-state index contributed by atoms with van der Waals surface area (Å²) in [4.78, 5) is 24.1. The number of hydrogen-bond acceptors (Lipinski definition) is 4. The standard InChI is InChI=1S/C14H22N4O2/c1-11-8-15-14(16-11)12-2-3-17(9-12)10-13(19)18-4-6-20-7-5-18/h8,12H,2-7,9-10H2,1H3,(H,15,16). The van der Waals surface area contributed by atoms with Crippen LogP contribution >= 0.6 is 0 Å². The van der Waals surface area contributed by atoms with Crippen LogP contribution in [0, 0.1) is 6.92 Å². The minimum atomic E-state index is 0.226. The minimum absolute atomic E-state index is 0.226. The number of imidazole rings is 1. The Balaban J connectivity index is 1.51. The lowest BCUT2D eigenvalue weighted by atomic mass is 10.1. The van der Waals surface area contributed by atoms with Crippen molar-refractivity contribution in [2.75, 3.05) is 45.9 Å². The number of likely N-dealkylation sites (tertiary alicyclic amines) is 1. The Morgan fingerprint density at radius 3 is 2.95 bits per heavy atom. The molecule has 1 N–H and O–H groups in total. The first-order valence-corrected chi connectivity index (χ1v) is 7.32. The van der Waals surface area contributed by atoms with Gasteiger partial charge in [-0.05, 0) is 19.9 Å². The third-order valence-electron chi connectivity index (χ3n) is 4.10. The molecule has 1 aromatic rings. The first-order chi connectivity index (χ1) is 9.72.